The smallest absolute Gasteiger partial charge is 0.251 e. The van der Waals surface area contributed by atoms with Crippen LogP contribution in [0.15, 0.2) is 59.6 Å². The molecule has 3 rings (SSSR count). The van der Waals surface area contributed by atoms with Crippen molar-refractivity contribution in [3.63, 3.8) is 0 Å². The molecule has 1 aliphatic rings. The van der Waals surface area contributed by atoms with E-state index in [4.69, 9.17) is 4.99 Å². The fraction of sp³-hybridized carbons (Fsp3) is 0.417. The SMILES string of the molecule is CCNC(=O)c1cccc(CN=C(NCC)N2CCC(Cc3ccccc3)C2)c1.I. The fourth-order valence-electron chi connectivity index (χ4n) is 3.80. The zero-order chi connectivity index (χ0) is 20.5. The van der Waals surface area contributed by atoms with Gasteiger partial charge in [-0.1, -0.05) is 42.5 Å². The summed E-state index contributed by atoms with van der Waals surface area (Å²) >= 11 is 0. The van der Waals surface area contributed by atoms with Gasteiger partial charge < -0.3 is 15.5 Å². The van der Waals surface area contributed by atoms with Crippen LogP contribution in [0.3, 0.4) is 0 Å². The van der Waals surface area contributed by atoms with Crippen molar-refractivity contribution in [2.24, 2.45) is 10.9 Å². The largest absolute Gasteiger partial charge is 0.357 e. The molecule has 0 aromatic heterocycles. The lowest BCUT2D eigenvalue weighted by Gasteiger charge is -2.22. The number of aliphatic imine (C=N–C) groups is 1. The molecule has 30 heavy (non-hydrogen) atoms. The van der Waals surface area contributed by atoms with Gasteiger partial charge in [-0.2, -0.15) is 0 Å². The molecule has 2 N–H and O–H groups in total. The third kappa shape index (κ3) is 7.00. The molecule has 2 aromatic rings. The monoisotopic (exact) mass is 520 g/mol. The van der Waals surface area contributed by atoms with Gasteiger partial charge in [-0.15, -0.1) is 24.0 Å². The van der Waals surface area contributed by atoms with Crippen molar-refractivity contribution < 1.29 is 4.79 Å². The van der Waals surface area contributed by atoms with E-state index in [2.05, 4.69) is 52.8 Å². The van der Waals surface area contributed by atoms with Crippen LogP contribution in [-0.2, 0) is 13.0 Å². The first kappa shape index (κ1) is 24.2. The molecule has 0 aliphatic carbocycles. The van der Waals surface area contributed by atoms with E-state index in [1.54, 1.807) is 0 Å². The number of nitrogens with one attached hydrogen (secondary N) is 2. The first-order valence-electron chi connectivity index (χ1n) is 10.6. The quantitative estimate of drug-likeness (QED) is 0.329. The van der Waals surface area contributed by atoms with E-state index < -0.39 is 0 Å². The van der Waals surface area contributed by atoms with Crippen LogP contribution in [0.25, 0.3) is 0 Å². The van der Waals surface area contributed by atoms with Gasteiger partial charge in [0.25, 0.3) is 5.91 Å². The molecular weight excluding hydrogens is 487 g/mol. The van der Waals surface area contributed by atoms with Gasteiger partial charge in [0.2, 0.25) is 0 Å². The lowest BCUT2D eigenvalue weighted by molar-refractivity contribution is 0.0955. The minimum Gasteiger partial charge on any atom is -0.357 e. The van der Waals surface area contributed by atoms with Crippen LogP contribution in [0.5, 0.6) is 0 Å². The number of guanidine groups is 1. The third-order valence-corrected chi connectivity index (χ3v) is 5.23. The summed E-state index contributed by atoms with van der Waals surface area (Å²) in [5.74, 6) is 1.59. The minimum absolute atomic E-state index is 0. The summed E-state index contributed by atoms with van der Waals surface area (Å²) in [7, 11) is 0. The number of amides is 1. The van der Waals surface area contributed by atoms with Crippen LogP contribution in [0.4, 0.5) is 0 Å². The van der Waals surface area contributed by atoms with E-state index in [-0.39, 0.29) is 29.9 Å². The Morgan fingerprint density at radius 2 is 1.77 bits per heavy atom. The number of hydrogen-bond acceptors (Lipinski definition) is 2. The number of hydrogen-bond donors (Lipinski definition) is 2. The van der Waals surface area contributed by atoms with E-state index in [0.29, 0.717) is 24.6 Å². The topological polar surface area (TPSA) is 56.7 Å². The molecule has 5 nitrogen and oxygen atoms in total. The molecule has 0 spiro atoms. The number of nitrogens with zero attached hydrogens (tertiary/aromatic N) is 2. The molecule has 1 unspecified atom stereocenters. The maximum atomic E-state index is 12.1. The number of halogens is 1. The van der Waals surface area contributed by atoms with Crippen LogP contribution >= 0.6 is 24.0 Å². The summed E-state index contributed by atoms with van der Waals surface area (Å²) in [5.41, 5.74) is 3.14. The Hall–Kier alpha value is -2.09. The summed E-state index contributed by atoms with van der Waals surface area (Å²) in [5, 5.41) is 6.28. The highest BCUT2D eigenvalue weighted by atomic mass is 127. The maximum absolute atomic E-state index is 12.1. The van der Waals surface area contributed by atoms with Crippen LogP contribution in [0.2, 0.25) is 0 Å². The molecule has 1 amide bonds. The summed E-state index contributed by atoms with van der Waals surface area (Å²) in [4.78, 5) is 19.3. The normalized spacial score (nSPS) is 16.1. The molecule has 0 saturated carbocycles. The van der Waals surface area contributed by atoms with Crippen LogP contribution < -0.4 is 10.6 Å². The van der Waals surface area contributed by atoms with Gasteiger partial charge in [-0.3, -0.25) is 4.79 Å². The van der Waals surface area contributed by atoms with Crippen molar-refractivity contribution >= 4 is 35.8 Å². The van der Waals surface area contributed by atoms with Crippen LogP contribution in [0.1, 0.15) is 41.8 Å². The van der Waals surface area contributed by atoms with E-state index in [1.165, 1.54) is 12.0 Å². The van der Waals surface area contributed by atoms with Crippen molar-refractivity contribution in [1.82, 2.24) is 15.5 Å². The predicted octanol–water partition coefficient (Wildman–Crippen LogP) is 4.08. The van der Waals surface area contributed by atoms with E-state index >= 15 is 0 Å². The van der Waals surface area contributed by atoms with Crippen LogP contribution in [0, 0.1) is 5.92 Å². The van der Waals surface area contributed by atoms with E-state index in [1.807, 2.05) is 31.2 Å². The third-order valence-electron chi connectivity index (χ3n) is 5.23. The Balaban J connectivity index is 0.00000320. The van der Waals surface area contributed by atoms with Gasteiger partial charge in [0, 0.05) is 31.7 Å². The van der Waals surface area contributed by atoms with Gasteiger partial charge in [0.1, 0.15) is 0 Å². The van der Waals surface area contributed by atoms with Gasteiger partial charge in [0.05, 0.1) is 6.54 Å². The average molecular weight is 520 g/mol. The highest BCUT2D eigenvalue weighted by molar-refractivity contribution is 14.0. The highest BCUT2D eigenvalue weighted by Crippen LogP contribution is 2.21. The minimum atomic E-state index is -0.0338. The van der Waals surface area contributed by atoms with Crippen molar-refractivity contribution in [2.45, 2.75) is 33.2 Å². The Kier molecular flexibility index (Phi) is 10.1. The Morgan fingerprint density at radius 3 is 2.50 bits per heavy atom. The zero-order valence-corrected chi connectivity index (χ0v) is 20.3. The number of carbonyl (C=O) groups is 1. The standard InChI is InChI=1S/C24H32N4O.HI/c1-3-25-23(29)22-12-8-11-20(16-22)17-27-24(26-4-2)28-14-13-21(18-28)15-19-9-6-5-7-10-19;/h5-12,16,21H,3-4,13-15,17-18H2,1-2H3,(H,25,29)(H,26,27);1H. The molecule has 1 aliphatic heterocycles. The fourth-order valence-corrected chi connectivity index (χ4v) is 3.80. The lowest BCUT2D eigenvalue weighted by Crippen LogP contribution is -2.40. The van der Waals surface area contributed by atoms with Gasteiger partial charge in [-0.25, -0.2) is 4.99 Å². The molecule has 0 bridgehead atoms. The van der Waals surface area contributed by atoms with Gasteiger partial charge in [-0.05, 0) is 55.9 Å². The second kappa shape index (κ2) is 12.6. The highest BCUT2D eigenvalue weighted by Gasteiger charge is 2.24. The number of likely N-dealkylation sites (tertiary alicyclic amines) is 1. The second-order valence-electron chi connectivity index (χ2n) is 7.52. The molecule has 6 heteroatoms. The number of benzene rings is 2. The predicted molar refractivity (Wildman–Crippen MR) is 135 cm³/mol. The Bertz CT molecular complexity index is 825. The first-order chi connectivity index (χ1) is 14.2. The molecular formula is C24H33IN4O. The van der Waals surface area contributed by atoms with Crippen molar-refractivity contribution in [3.8, 4) is 0 Å². The molecule has 1 saturated heterocycles. The molecule has 162 valence electrons. The second-order valence-corrected chi connectivity index (χ2v) is 7.52. The molecule has 1 fully saturated rings. The number of rotatable bonds is 7. The molecule has 1 heterocycles. The van der Waals surface area contributed by atoms with Crippen molar-refractivity contribution in [2.75, 3.05) is 26.2 Å². The summed E-state index contributed by atoms with van der Waals surface area (Å²) in [6, 6.07) is 18.4. The Labute approximate surface area is 197 Å². The summed E-state index contributed by atoms with van der Waals surface area (Å²) in [6.45, 7) is 8.12. The molecule has 2 aromatic carbocycles. The maximum Gasteiger partial charge on any atom is 0.251 e. The zero-order valence-electron chi connectivity index (χ0n) is 17.9. The van der Waals surface area contributed by atoms with Gasteiger partial charge in [0.15, 0.2) is 5.96 Å². The number of carbonyl (C=O) groups excluding carboxylic acids is 1. The van der Waals surface area contributed by atoms with Crippen molar-refractivity contribution in [1.29, 1.82) is 0 Å². The molecule has 0 radical (unpaired) electrons. The van der Waals surface area contributed by atoms with E-state index in [0.717, 1.165) is 37.6 Å². The van der Waals surface area contributed by atoms with E-state index in [9.17, 15) is 4.79 Å². The lowest BCUT2D eigenvalue weighted by atomic mass is 9.99. The first-order valence-corrected chi connectivity index (χ1v) is 10.6. The Morgan fingerprint density at radius 1 is 1.03 bits per heavy atom. The molecule has 1 atom stereocenters. The average Bonchev–Trinajstić information content (AvgIpc) is 3.20. The summed E-state index contributed by atoms with van der Waals surface area (Å²) < 4.78 is 0. The van der Waals surface area contributed by atoms with Gasteiger partial charge >= 0.3 is 0 Å². The van der Waals surface area contributed by atoms with Crippen molar-refractivity contribution in [3.05, 3.63) is 71.3 Å². The van der Waals surface area contributed by atoms with Crippen LogP contribution in [-0.4, -0.2) is 42.9 Å². The summed E-state index contributed by atoms with van der Waals surface area (Å²) in [6.07, 6.45) is 2.30.